The number of amides is 2. The van der Waals surface area contributed by atoms with E-state index in [0.29, 0.717) is 25.1 Å². The molecule has 0 fully saturated rings. The Morgan fingerprint density at radius 3 is 2.20 bits per heavy atom. The number of rotatable bonds is 9. The summed E-state index contributed by atoms with van der Waals surface area (Å²) in [5.41, 5.74) is 1.38. The Kier molecular flexibility index (Phi) is 9.77. The molecule has 2 N–H and O–H groups in total. The second kappa shape index (κ2) is 11.6. The molecule has 0 bridgehead atoms. The van der Waals surface area contributed by atoms with Crippen molar-refractivity contribution < 1.29 is 9.59 Å². The lowest BCUT2D eigenvalue weighted by atomic mass is 10.1. The van der Waals surface area contributed by atoms with Gasteiger partial charge in [0.05, 0.1) is 0 Å². The molecule has 0 heterocycles. The van der Waals surface area contributed by atoms with Gasteiger partial charge in [0, 0.05) is 30.8 Å². The molecular weight excluding hydrogens is 334 g/mol. The van der Waals surface area contributed by atoms with Crippen molar-refractivity contribution in [2.75, 3.05) is 18.4 Å². The molecule has 1 rings (SSSR count). The number of carbonyl (C=O) groups is 2. The third-order valence-electron chi connectivity index (χ3n) is 3.95. The Bertz CT molecular complexity index is 569. The largest absolute Gasteiger partial charge is 0.339 e. The van der Waals surface area contributed by atoms with E-state index in [9.17, 15) is 9.59 Å². The number of hydrogen-bond donors (Lipinski definition) is 2. The van der Waals surface area contributed by atoms with E-state index in [4.69, 9.17) is 12.2 Å². The highest BCUT2D eigenvalue weighted by Gasteiger charge is 2.12. The van der Waals surface area contributed by atoms with Crippen LogP contribution >= 0.6 is 12.2 Å². The van der Waals surface area contributed by atoms with E-state index in [-0.39, 0.29) is 16.9 Å². The van der Waals surface area contributed by atoms with Crippen LogP contribution in [-0.4, -0.2) is 34.9 Å². The molecule has 1 aromatic rings. The molecule has 0 aliphatic heterocycles. The average molecular weight is 364 g/mol. The molecule has 2 amide bonds. The number of thiocarbonyl (C=S) groups is 1. The summed E-state index contributed by atoms with van der Waals surface area (Å²) in [6.45, 7) is 7.43. The quantitative estimate of drug-likeness (QED) is 0.515. The minimum Gasteiger partial charge on any atom is -0.339 e. The maximum absolute atomic E-state index is 12.3. The van der Waals surface area contributed by atoms with Crippen LogP contribution in [0.4, 0.5) is 5.69 Å². The normalized spacial score (nSPS) is 10.2. The van der Waals surface area contributed by atoms with Gasteiger partial charge in [0.2, 0.25) is 5.91 Å². The molecule has 5 nitrogen and oxygen atoms in total. The van der Waals surface area contributed by atoms with E-state index in [1.54, 1.807) is 29.2 Å². The van der Waals surface area contributed by atoms with Crippen molar-refractivity contribution in [3.63, 3.8) is 0 Å². The van der Waals surface area contributed by atoms with Gasteiger partial charge in [-0.15, -0.1) is 0 Å². The summed E-state index contributed by atoms with van der Waals surface area (Å²) in [7, 11) is 0. The third kappa shape index (κ3) is 7.65. The number of unbranched alkanes of at least 4 members (excludes halogenated alkanes) is 3. The van der Waals surface area contributed by atoms with Crippen LogP contribution in [0.1, 0.15) is 63.2 Å². The van der Waals surface area contributed by atoms with E-state index >= 15 is 0 Å². The molecule has 0 saturated carbocycles. The Morgan fingerprint density at radius 1 is 1.00 bits per heavy atom. The van der Waals surface area contributed by atoms with Gasteiger partial charge in [-0.1, -0.05) is 26.2 Å². The van der Waals surface area contributed by atoms with E-state index in [1.807, 2.05) is 13.8 Å². The maximum Gasteiger partial charge on any atom is 0.253 e. The smallest absolute Gasteiger partial charge is 0.253 e. The molecule has 0 unspecified atom stereocenters. The molecular formula is C19H29N3O2S. The van der Waals surface area contributed by atoms with Gasteiger partial charge in [-0.3, -0.25) is 9.59 Å². The minimum absolute atomic E-state index is 0.0134. The van der Waals surface area contributed by atoms with Gasteiger partial charge in [-0.2, -0.15) is 0 Å². The van der Waals surface area contributed by atoms with Crippen molar-refractivity contribution in [1.29, 1.82) is 0 Å². The van der Waals surface area contributed by atoms with E-state index in [2.05, 4.69) is 17.6 Å². The summed E-state index contributed by atoms with van der Waals surface area (Å²) in [6, 6.07) is 7.10. The van der Waals surface area contributed by atoms with Crippen molar-refractivity contribution in [1.82, 2.24) is 10.2 Å². The molecule has 0 atom stereocenters. The zero-order valence-electron chi connectivity index (χ0n) is 15.4. The van der Waals surface area contributed by atoms with Crippen LogP contribution in [0, 0.1) is 0 Å². The number of benzene rings is 1. The lowest BCUT2D eigenvalue weighted by Gasteiger charge is -2.18. The van der Waals surface area contributed by atoms with Crippen molar-refractivity contribution >= 4 is 34.8 Å². The van der Waals surface area contributed by atoms with E-state index < -0.39 is 0 Å². The predicted molar refractivity (Wildman–Crippen MR) is 107 cm³/mol. The highest BCUT2D eigenvalue weighted by Crippen LogP contribution is 2.12. The molecule has 0 spiro atoms. The number of hydrogen-bond acceptors (Lipinski definition) is 3. The maximum atomic E-state index is 12.3. The molecule has 0 aliphatic carbocycles. The van der Waals surface area contributed by atoms with E-state index in [1.165, 1.54) is 0 Å². The summed E-state index contributed by atoms with van der Waals surface area (Å²) >= 11 is 5.16. The Labute approximate surface area is 156 Å². The summed E-state index contributed by atoms with van der Waals surface area (Å²) in [6.07, 6.45) is 4.72. The fraction of sp³-hybridized carbons (Fsp3) is 0.526. The molecule has 138 valence electrons. The summed E-state index contributed by atoms with van der Waals surface area (Å²) in [5.74, 6) is -0.0542. The molecule has 25 heavy (non-hydrogen) atoms. The van der Waals surface area contributed by atoms with Crippen LogP contribution in [-0.2, 0) is 4.79 Å². The van der Waals surface area contributed by atoms with Gasteiger partial charge < -0.3 is 15.5 Å². The van der Waals surface area contributed by atoms with Crippen molar-refractivity contribution in [2.45, 2.75) is 52.9 Å². The Balaban J connectivity index is 2.48. The van der Waals surface area contributed by atoms with Gasteiger partial charge in [0.15, 0.2) is 5.11 Å². The predicted octanol–water partition coefficient (Wildman–Crippen LogP) is 3.95. The number of nitrogens with one attached hydrogen (secondary N) is 2. The average Bonchev–Trinajstić information content (AvgIpc) is 2.60. The van der Waals surface area contributed by atoms with Gasteiger partial charge in [0.1, 0.15) is 0 Å². The fourth-order valence-corrected chi connectivity index (χ4v) is 2.69. The van der Waals surface area contributed by atoms with Gasteiger partial charge in [-0.05, 0) is 56.8 Å². The lowest BCUT2D eigenvalue weighted by molar-refractivity contribution is -0.119. The lowest BCUT2D eigenvalue weighted by Crippen LogP contribution is -2.34. The zero-order chi connectivity index (χ0) is 18.7. The molecule has 6 heteroatoms. The summed E-state index contributed by atoms with van der Waals surface area (Å²) < 4.78 is 0. The van der Waals surface area contributed by atoms with Crippen LogP contribution in [0.15, 0.2) is 24.3 Å². The minimum atomic E-state index is -0.0677. The first-order valence-electron chi connectivity index (χ1n) is 9.01. The second-order valence-corrected chi connectivity index (χ2v) is 6.28. The Morgan fingerprint density at radius 2 is 1.64 bits per heavy atom. The van der Waals surface area contributed by atoms with Crippen LogP contribution in [0.3, 0.4) is 0 Å². The SMILES string of the molecule is CCCCCCC(=O)NC(=S)Nc1ccc(C(=O)N(CC)CC)cc1. The number of anilines is 1. The highest BCUT2D eigenvalue weighted by atomic mass is 32.1. The third-order valence-corrected chi connectivity index (χ3v) is 4.15. The topological polar surface area (TPSA) is 61.4 Å². The van der Waals surface area contributed by atoms with Gasteiger partial charge in [0.25, 0.3) is 5.91 Å². The first-order chi connectivity index (χ1) is 12.0. The fourth-order valence-electron chi connectivity index (χ4n) is 2.45. The van der Waals surface area contributed by atoms with E-state index in [0.717, 1.165) is 31.4 Å². The molecule has 0 aromatic heterocycles. The zero-order valence-corrected chi connectivity index (χ0v) is 16.2. The highest BCUT2D eigenvalue weighted by molar-refractivity contribution is 7.80. The molecule has 0 radical (unpaired) electrons. The summed E-state index contributed by atoms with van der Waals surface area (Å²) in [5, 5.41) is 5.94. The molecule has 0 saturated heterocycles. The first-order valence-corrected chi connectivity index (χ1v) is 9.42. The van der Waals surface area contributed by atoms with Crippen molar-refractivity contribution in [3.8, 4) is 0 Å². The summed E-state index contributed by atoms with van der Waals surface area (Å²) in [4.78, 5) is 25.8. The molecule has 1 aromatic carbocycles. The molecule has 0 aliphatic rings. The monoisotopic (exact) mass is 363 g/mol. The second-order valence-electron chi connectivity index (χ2n) is 5.87. The van der Waals surface area contributed by atoms with Crippen LogP contribution in [0.25, 0.3) is 0 Å². The number of carbonyl (C=O) groups excluding carboxylic acids is 2. The Hall–Kier alpha value is -1.95. The van der Waals surface area contributed by atoms with Crippen LogP contribution in [0.5, 0.6) is 0 Å². The van der Waals surface area contributed by atoms with Crippen LogP contribution < -0.4 is 10.6 Å². The van der Waals surface area contributed by atoms with Crippen molar-refractivity contribution in [3.05, 3.63) is 29.8 Å². The number of nitrogens with zero attached hydrogens (tertiary/aromatic N) is 1. The van der Waals surface area contributed by atoms with Crippen molar-refractivity contribution in [2.24, 2.45) is 0 Å². The van der Waals surface area contributed by atoms with Gasteiger partial charge in [-0.25, -0.2) is 0 Å². The first kappa shape index (κ1) is 21.1. The van der Waals surface area contributed by atoms with Gasteiger partial charge >= 0.3 is 0 Å². The standard InChI is InChI=1S/C19H29N3O2S/c1-4-7-8-9-10-17(23)21-19(25)20-16-13-11-15(12-14-16)18(24)22(5-2)6-3/h11-14H,4-10H2,1-3H3,(H2,20,21,23,25). The van der Waals surface area contributed by atoms with Crippen LogP contribution in [0.2, 0.25) is 0 Å².